The van der Waals surface area contributed by atoms with Crippen molar-refractivity contribution in [3.8, 4) is 0 Å². The molecule has 4 unspecified atom stereocenters. The van der Waals surface area contributed by atoms with Gasteiger partial charge in [-0.3, -0.25) is 0 Å². The number of hydrogen-bond acceptors (Lipinski definition) is 0. The molecule has 0 saturated heterocycles. The minimum atomic E-state index is 0.726. The fourth-order valence-corrected chi connectivity index (χ4v) is 4.59. The van der Waals surface area contributed by atoms with E-state index in [4.69, 9.17) is 0 Å². The van der Waals surface area contributed by atoms with E-state index in [1.54, 1.807) is 11.1 Å². The van der Waals surface area contributed by atoms with Gasteiger partial charge in [0.25, 0.3) is 0 Å². The van der Waals surface area contributed by atoms with Gasteiger partial charge in [0.2, 0.25) is 0 Å². The largest absolute Gasteiger partial charge is 0.0839 e. The average Bonchev–Trinajstić information content (AvgIpc) is 3.09. The third-order valence-corrected chi connectivity index (χ3v) is 5.72. The highest BCUT2D eigenvalue weighted by atomic mass is 14.4. The predicted molar refractivity (Wildman–Crippen MR) is 85.2 cm³/mol. The molecule has 0 nitrogen and oxygen atoms in total. The Labute approximate surface area is 122 Å². The normalized spacial score (nSPS) is 38.8. The molecule has 2 fully saturated rings. The van der Waals surface area contributed by atoms with Crippen molar-refractivity contribution >= 4 is 0 Å². The van der Waals surface area contributed by atoms with Gasteiger partial charge in [-0.1, -0.05) is 59.8 Å². The first-order valence-electron chi connectivity index (χ1n) is 8.33. The monoisotopic (exact) mass is 264 g/mol. The summed E-state index contributed by atoms with van der Waals surface area (Å²) in [5.74, 6) is 3.15. The summed E-state index contributed by atoms with van der Waals surface area (Å²) in [5.41, 5.74) is 3.41. The third kappa shape index (κ3) is 2.16. The van der Waals surface area contributed by atoms with Crippen molar-refractivity contribution < 1.29 is 0 Å². The van der Waals surface area contributed by atoms with E-state index in [-0.39, 0.29) is 0 Å². The van der Waals surface area contributed by atoms with Crippen LogP contribution in [0.4, 0.5) is 0 Å². The van der Waals surface area contributed by atoms with Crippen molar-refractivity contribution in [2.75, 3.05) is 0 Å². The maximum atomic E-state index is 2.54. The zero-order valence-electron chi connectivity index (χ0n) is 12.2. The Bertz CT molecular complexity index is 478. The number of fused-ring (bicyclic) bond motifs is 2. The molecule has 0 aliphatic heterocycles. The second kappa shape index (κ2) is 5.24. The molecule has 0 aromatic carbocycles. The third-order valence-electron chi connectivity index (χ3n) is 5.72. The molecule has 104 valence electrons. The van der Waals surface area contributed by atoms with Crippen LogP contribution in [0.2, 0.25) is 0 Å². The topological polar surface area (TPSA) is 0 Å². The minimum absolute atomic E-state index is 0.726. The van der Waals surface area contributed by atoms with E-state index < -0.39 is 0 Å². The van der Waals surface area contributed by atoms with Crippen LogP contribution < -0.4 is 0 Å². The van der Waals surface area contributed by atoms with Gasteiger partial charge in [0, 0.05) is 0 Å². The number of hydrogen-bond donors (Lipinski definition) is 0. The Hall–Kier alpha value is -1.30. The van der Waals surface area contributed by atoms with Gasteiger partial charge in [-0.15, -0.1) is 0 Å². The Morgan fingerprint density at radius 1 is 0.700 bits per heavy atom. The molecule has 0 N–H and O–H groups in total. The maximum Gasteiger partial charge on any atom is -0.00168 e. The van der Waals surface area contributed by atoms with Gasteiger partial charge < -0.3 is 0 Å². The highest BCUT2D eigenvalue weighted by molar-refractivity contribution is 5.32. The van der Waals surface area contributed by atoms with Crippen molar-refractivity contribution in [1.82, 2.24) is 0 Å². The van der Waals surface area contributed by atoms with Gasteiger partial charge in [0.05, 0.1) is 0 Å². The second-order valence-corrected chi connectivity index (χ2v) is 6.81. The summed E-state index contributed by atoms with van der Waals surface area (Å²) < 4.78 is 0. The van der Waals surface area contributed by atoms with E-state index in [0.717, 1.165) is 23.7 Å². The fourth-order valence-electron chi connectivity index (χ4n) is 4.59. The van der Waals surface area contributed by atoms with E-state index in [1.807, 2.05) is 0 Å². The molecule has 0 aromatic rings. The van der Waals surface area contributed by atoms with Gasteiger partial charge in [0.15, 0.2) is 0 Å². The van der Waals surface area contributed by atoms with Crippen LogP contribution >= 0.6 is 0 Å². The van der Waals surface area contributed by atoms with E-state index in [1.165, 1.54) is 38.5 Å². The molecule has 20 heavy (non-hydrogen) atoms. The first-order chi connectivity index (χ1) is 9.92. The summed E-state index contributed by atoms with van der Waals surface area (Å²) >= 11 is 0. The Morgan fingerprint density at radius 3 is 1.70 bits per heavy atom. The van der Waals surface area contributed by atoms with Crippen LogP contribution in [0.25, 0.3) is 0 Å². The van der Waals surface area contributed by atoms with Crippen molar-refractivity contribution in [1.29, 1.82) is 0 Å². The quantitative estimate of drug-likeness (QED) is 0.588. The van der Waals surface area contributed by atoms with Crippen molar-refractivity contribution in [2.45, 2.75) is 38.5 Å². The molecule has 0 radical (unpaired) electrons. The van der Waals surface area contributed by atoms with Crippen molar-refractivity contribution in [3.05, 3.63) is 59.8 Å². The average molecular weight is 264 g/mol. The summed E-state index contributed by atoms with van der Waals surface area (Å²) in [6.07, 6.45) is 27.1. The Morgan fingerprint density at radius 2 is 1.20 bits per heavy atom. The lowest BCUT2D eigenvalue weighted by Crippen LogP contribution is -2.04. The Kier molecular flexibility index (Phi) is 3.26. The molecule has 2 saturated carbocycles. The molecule has 4 rings (SSSR count). The maximum absolute atomic E-state index is 2.54. The van der Waals surface area contributed by atoms with Crippen molar-refractivity contribution in [2.24, 2.45) is 23.7 Å². The highest BCUT2D eigenvalue weighted by Gasteiger charge is 2.31. The van der Waals surface area contributed by atoms with Gasteiger partial charge >= 0.3 is 0 Å². The van der Waals surface area contributed by atoms with Gasteiger partial charge in [0.1, 0.15) is 0 Å². The summed E-state index contributed by atoms with van der Waals surface area (Å²) in [6, 6.07) is 0. The molecule has 4 atom stereocenters. The first-order valence-corrected chi connectivity index (χ1v) is 8.33. The predicted octanol–water partition coefficient (Wildman–Crippen LogP) is 5.37. The molecule has 0 bridgehead atoms. The van der Waals surface area contributed by atoms with Crippen LogP contribution in [0.1, 0.15) is 38.5 Å². The summed E-state index contributed by atoms with van der Waals surface area (Å²) in [5, 5.41) is 0. The molecule has 4 aliphatic carbocycles. The van der Waals surface area contributed by atoms with E-state index >= 15 is 0 Å². The van der Waals surface area contributed by atoms with Crippen LogP contribution in [-0.4, -0.2) is 0 Å². The van der Waals surface area contributed by atoms with Crippen LogP contribution in [0.3, 0.4) is 0 Å². The Balaban J connectivity index is 1.49. The standard InChI is InChI=1S/C20H24/c1-3-7-19-15(5-1)9-11-17(19)13-14-18-12-10-16-6-2-4-8-20(16)18/h1-4,7-8,13-18H,5-6,9-12H2. The van der Waals surface area contributed by atoms with E-state index in [9.17, 15) is 0 Å². The van der Waals surface area contributed by atoms with Gasteiger partial charge in [-0.25, -0.2) is 0 Å². The van der Waals surface area contributed by atoms with Gasteiger partial charge in [-0.2, -0.15) is 0 Å². The first kappa shape index (κ1) is 12.4. The molecule has 4 aliphatic rings. The lowest BCUT2D eigenvalue weighted by Gasteiger charge is -2.17. The minimum Gasteiger partial charge on any atom is -0.0839 e. The molecule has 0 spiro atoms. The van der Waals surface area contributed by atoms with Crippen LogP contribution in [-0.2, 0) is 0 Å². The molecule has 0 aromatic heterocycles. The van der Waals surface area contributed by atoms with Crippen LogP contribution in [0.5, 0.6) is 0 Å². The zero-order valence-corrected chi connectivity index (χ0v) is 12.2. The molecule has 0 heterocycles. The van der Waals surface area contributed by atoms with Crippen LogP contribution in [0.15, 0.2) is 59.8 Å². The molecular formula is C20H24. The summed E-state index contributed by atoms with van der Waals surface area (Å²) in [7, 11) is 0. The summed E-state index contributed by atoms with van der Waals surface area (Å²) in [6.45, 7) is 0. The molecule has 0 amide bonds. The van der Waals surface area contributed by atoms with E-state index in [0.29, 0.717) is 0 Å². The summed E-state index contributed by atoms with van der Waals surface area (Å²) in [4.78, 5) is 0. The molecular weight excluding hydrogens is 240 g/mol. The lowest BCUT2D eigenvalue weighted by atomic mass is 9.88. The number of rotatable bonds is 2. The van der Waals surface area contributed by atoms with Crippen LogP contribution in [0, 0.1) is 23.7 Å². The van der Waals surface area contributed by atoms with E-state index in [2.05, 4.69) is 48.6 Å². The SMILES string of the molecule is C1=CCC2CCC(C=CC3CCC4CC=CC=C34)C2=C1. The van der Waals surface area contributed by atoms with Gasteiger partial charge in [-0.05, 0) is 62.2 Å². The zero-order chi connectivity index (χ0) is 13.4. The van der Waals surface area contributed by atoms with Crippen molar-refractivity contribution in [3.63, 3.8) is 0 Å². The smallest absolute Gasteiger partial charge is 0.00168 e. The molecule has 0 heteroatoms. The second-order valence-electron chi connectivity index (χ2n) is 6.81. The number of allylic oxidation sites excluding steroid dienone is 10. The highest BCUT2D eigenvalue weighted by Crippen LogP contribution is 2.44. The fraction of sp³-hybridized carbons (Fsp3) is 0.500. The lowest BCUT2D eigenvalue weighted by molar-refractivity contribution is 0.632.